The number of aromatic nitrogens is 3. The molecule has 0 bridgehead atoms. The van der Waals surface area contributed by atoms with Crippen molar-refractivity contribution in [2.75, 3.05) is 12.4 Å². The summed E-state index contributed by atoms with van der Waals surface area (Å²) in [6, 6.07) is 21.3. The fourth-order valence-electron chi connectivity index (χ4n) is 3.70. The molecular weight excluding hydrogens is 434 g/mol. The Kier molecular flexibility index (Phi) is 5.82. The average molecular weight is 454 g/mol. The molecule has 5 aromatic rings. The highest BCUT2D eigenvalue weighted by molar-refractivity contribution is 5.94. The van der Waals surface area contributed by atoms with Crippen LogP contribution in [0.25, 0.3) is 33.4 Å². The molecule has 2 heterocycles. The van der Waals surface area contributed by atoms with Gasteiger partial charge in [0.1, 0.15) is 11.6 Å². The molecule has 0 aliphatic heterocycles. The molecule has 0 saturated carbocycles. The lowest BCUT2D eigenvalue weighted by Crippen LogP contribution is -2.05. The maximum atomic E-state index is 13.7. The number of fused-ring (bicyclic) bond motifs is 1. The first-order valence-electron chi connectivity index (χ1n) is 10.6. The van der Waals surface area contributed by atoms with Crippen molar-refractivity contribution in [3.05, 3.63) is 102 Å². The molecule has 0 fully saturated rings. The summed E-state index contributed by atoms with van der Waals surface area (Å²) in [5, 5.41) is 4.08. The second-order valence-corrected chi connectivity index (χ2v) is 7.70. The van der Waals surface area contributed by atoms with Gasteiger partial charge in [0.25, 0.3) is 0 Å². The van der Waals surface area contributed by atoms with Crippen molar-refractivity contribution < 1.29 is 13.5 Å². The van der Waals surface area contributed by atoms with Crippen molar-refractivity contribution in [2.24, 2.45) is 0 Å². The first-order valence-corrected chi connectivity index (χ1v) is 10.6. The van der Waals surface area contributed by atoms with Gasteiger partial charge in [-0.15, -0.1) is 0 Å². The highest BCUT2D eigenvalue weighted by Crippen LogP contribution is 2.31. The zero-order chi connectivity index (χ0) is 23.5. The fraction of sp³-hybridized carbons (Fsp3) is 0.0741. The lowest BCUT2D eigenvalue weighted by atomic mass is 10.0. The molecule has 5 nitrogen and oxygen atoms in total. The number of rotatable bonds is 6. The molecule has 0 radical (unpaired) electrons. The monoisotopic (exact) mass is 454 g/mol. The predicted octanol–water partition coefficient (Wildman–Crippen LogP) is 6.26. The standard InChI is InChI=1S/C27H20F2N4O/c1-34-21-6-2-4-18(13-21)19-8-10-25-22(14-19)27(31-15-17-7-9-23(28)24(29)12-17)33-26(32-25)20-5-3-11-30-16-20/h2-14,16H,15H2,1H3,(H,31,32,33). The Hall–Kier alpha value is -4.39. The van der Waals surface area contributed by atoms with Crippen LogP contribution in [-0.4, -0.2) is 22.1 Å². The number of pyridine rings is 1. The quantitative estimate of drug-likeness (QED) is 0.328. The summed E-state index contributed by atoms with van der Waals surface area (Å²) >= 11 is 0. The van der Waals surface area contributed by atoms with Crippen LogP contribution >= 0.6 is 0 Å². The molecule has 1 N–H and O–H groups in total. The molecule has 5 rings (SSSR count). The topological polar surface area (TPSA) is 59.9 Å². The van der Waals surface area contributed by atoms with Crippen molar-refractivity contribution in [1.82, 2.24) is 15.0 Å². The molecule has 3 aromatic carbocycles. The zero-order valence-electron chi connectivity index (χ0n) is 18.3. The normalized spacial score (nSPS) is 10.9. The summed E-state index contributed by atoms with van der Waals surface area (Å²) in [7, 11) is 1.63. The van der Waals surface area contributed by atoms with E-state index in [1.165, 1.54) is 6.07 Å². The first-order chi connectivity index (χ1) is 16.6. The van der Waals surface area contributed by atoms with Crippen LogP contribution in [0.3, 0.4) is 0 Å². The van der Waals surface area contributed by atoms with Gasteiger partial charge in [0, 0.05) is 29.9 Å². The molecule has 168 valence electrons. The highest BCUT2D eigenvalue weighted by atomic mass is 19.2. The van der Waals surface area contributed by atoms with E-state index >= 15 is 0 Å². The van der Waals surface area contributed by atoms with Crippen LogP contribution in [0.15, 0.2) is 85.2 Å². The van der Waals surface area contributed by atoms with Gasteiger partial charge in [-0.25, -0.2) is 18.7 Å². The minimum atomic E-state index is -0.886. The average Bonchev–Trinajstić information content (AvgIpc) is 2.89. The van der Waals surface area contributed by atoms with E-state index in [9.17, 15) is 8.78 Å². The van der Waals surface area contributed by atoms with Crippen molar-refractivity contribution in [2.45, 2.75) is 6.54 Å². The van der Waals surface area contributed by atoms with Gasteiger partial charge in [0.05, 0.1) is 12.6 Å². The van der Waals surface area contributed by atoms with Crippen molar-refractivity contribution in [3.8, 4) is 28.3 Å². The van der Waals surface area contributed by atoms with E-state index in [2.05, 4.69) is 10.3 Å². The van der Waals surface area contributed by atoms with Gasteiger partial charge in [0.15, 0.2) is 17.5 Å². The maximum absolute atomic E-state index is 13.7. The zero-order valence-corrected chi connectivity index (χ0v) is 18.3. The largest absolute Gasteiger partial charge is 0.497 e. The van der Waals surface area contributed by atoms with Crippen molar-refractivity contribution >= 4 is 16.7 Å². The van der Waals surface area contributed by atoms with Gasteiger partial charge in [-0.05, 0) is 65.2 Å². The number of hydrogen-bond acceptors (Lipinski definition) is 5. The van der Waals surface area contributed by atoms with Crippen LogP contribution in [0.2, 0.25) is 0 Å². The van der Waals surface area contributed by atoms with E-state index in [1.54, 1.807) is 25.6 Å². The van der Waals surface area contributed by atoms with Gasteiger partial charge < -0.3 is 10.1 Å². The molecule has 0 spiro atoms. The van der Waals surface area contributed by atoms with Crippen LogP contribution in [0.1, 0.15) is 5.56 Å². The van der Waals surface area contributed by atoms with Crippen LogP contribution in [-0.2, 0) is 6.54 Å². The Morgan fingerprint density at radius 2 is 1.68 bits per heavy atom. The molecular formula is C27H20F2N4O. The van der Waals surface area contributed by atoms with E-state index in [0.29, 0.717) is 17.2 Å². The highest BCUT2D eigenvalue weighted by Gasteiger charge is 2.12. The summed E-state index contributed by atoms with van der Waals surface area (Å²) in [5.41, 5.74) is 4.08. The predicted molar refractivity (Wildman–Crippen MR) is 128 cm³/mol. The summed E-state index contributed by atoms with van der Waals surface area (Å²) in [5.74, 6) is 0.0968. The Bertz CT molecular complexity index is 1470. The number of nitrogens with zero attached hydrogens (tertiary/aromatic N) is 3. The summed E-state index contributed by atoms with van der Waals surface area (Å²) in [6.07, 6.45) is 3.39. The maximum Gasteiger partial charge on any atom is 0.163 e. The number of benzene rings is 3. The Morgan fingerprint density at radius 3 is 2.47 bits per heavy atom. The van der Waals surface area contributed by atoms with Crippen LogP contribution in [0.5, 0.6) is 5.75 Å². The van der Waals surface area contributed by atoms with Gasteiger partial charge >= 0.3 is 0 Å². The SMILES string of the molecule is COc1cccc(-c2ccc3nc(-c4cccnc4)nc(NCc4ccc(F)c(F)c4)c3c2)c1. The van der Waals surface area contributed by atoms with Crippen LogP contribution < -0.4 is 10.1 Å². The molecule has 0 saturated heterocycles. The Balaban J connectivity index is 1.59. The third kappa shape index (κ3) is 4.41. The van der Waals surface area contributed by atoms with Gasteiger partial charge in [-0.2, -0.15) is 0 Å². The minimum absolute atomic E-state index is 0.263. The smallest absolute Gasteiger partial charge is 0.163 e. The van der Waals surface area contributed by atoms with Crippen LogP contribution in [0.4, 0.5) is 14.6 Å². The molecule has 34 heavy (non-hydrogen) atoms. The number of anilines is 1. The van der Waals surface area contributed by atoms with Gasteiger partial charge in [0.2, 0.25) is 0 Å². The van der Waals surface area contributed by atoms with E-state index < -0.39 is 11.6 Å². The summed E-state index contributed by atoms with van der Waals surface area (Å²) in [6.45, 7) is 0.263. The van der Waals surface area contributed by atoms with Crippen molar-refractivity contribution in [1.29, 1.82) is 0 Å². The molecule has 2 aromatic heterocycles. The molecule has 0 aliphatic rings. The fourth-order valence-corrected chi connectivity index (χ4v) is 3.70. The number of hydrogen-bond donors (Lipinski definition) is 1. The minimum Gasteiger partial charge on any atom is -0.497 e. The Labute approximate surface area is 195 Å². The second-order valence-electron chi connectivity index (χ2n) is 7.70. The van der Waals surface area contributed by atoms with E-state index in [4.69, 9.17) is 14.7 Å². The van der Waals surface area contributed by atoms with E-state index in [-0.39, 0.29) is 6.54 Å². The molecule has 0 aliphatic carbocycles. The molecule has 7 heteroatoms. The van der Waals surface area contributed by atoms with Gasteiger partial charge in [-0.3, -0.25) is 4.98 Å². The third-order valence-electron chi connectivity index (χ3n) is 5.46. The molecule has 0 amide bonds. The van der Waals surface area contributed by atoms with Gasteiger partial charge in [-0.1, -0.05) is 24.3 Å². The third-order valence-corrected chi connectivity index (χ3v) is 5.46. The number of nitrogens with one attached hydrogen (secondary N) is 1. The number of methoxy groups -OCH3 is 1. The lowest BCUT2D eigenvalue weighted by Gasteiger charge is -2.13. The van der Waals surface area contributed by atoms with E-state index in [0.717, 1.165) is 39.4 Å². The lowest BCUT2D eigenvalue weighted by molar-refractivity contribution is 0.415. The Morgan fingerprint density at radius 1 is 0.824 bits per heavy atom. The number of ether oxygens (including phenoxy) is 1. The van der Waals surface area contributed by atoms with E-state index in [1.807, 2.05) is 54.6 Å². The van der Waals surface area contributed by atoms with Crippen molar-refractivity contribution in [3.63, 3.8) is 0 Å². The van der Waals surface area contributed by atoms with Crippen LogP contribution in [0, 0.1) is 11.6 Å². The molecule has 0 unspecified atom stereocenters. The summed E-state index contributed by atoms with van der Waals surface area (Å²) < 4.78 is 32.4. The summed E-state index contributed by atoms with van der Waals surface area (Å²) in [4.78, 5) is 13.6. The molecule has 0 atom stereocenters. The number of halogens is 2. The first kappa shape index (κ1) is 21.5. The second kappa shape index (κ2) is 9.23.